The predicted molar refractivity (Wildman–Crippen MR) is 83.3 cm³/mol. The molecule has 2 heterocycles. The molecule has 0 atom stereocenters. The molecule has 4 nitrogen and oxygen atoms in total. The topological polar surface area (TPSA) is 55.0 Å². The van der Waals surface area contributed by atoms with E-state index in [9.17, 15) is 0 Å². The van der Waals surface area contributed by atoms with E-state index in [1.165, 1.54) is 12.8 Å². The molecule has 2 aromatic rings. The molecule has 1 fully saturated rings. The zero-order chi connectivity index (χ0) is 14.1. The Morgan fingerprint density at radius 3 is 2.60 bits per heavy atom. The highest BCUT2D eigenvalue weighted by atomic mass is 35.5. The van der Waals surface area contributed by atoms with Gasteiger partial charge in [-0.1, -0.05) is 35.3 Å². The van der Waals surface area contributed by atoms with Crippen molar-refractivity contribution in [2.45, 2.75) is 12.8 Å². The van der Waals surface area contributed by atoms with Crippen LogP contribution in [0.3, 0.4) is 0 Å². The van der Waals surface area contributed by atoms with E-state index in [-0.39, 0.29) is 0 Å². The smallest absolute Gasteiger partial charge is 0.152 e. The molecule has 104 valence electrons. The van der Waals surface area contributed by atoms with Crippen molar-refractivity contribution in [2.75, 3.05) is 23.7 Å². The number of benzene rings is 1. The number of nitrogens with zero attached hydrogens (tertiary/aromatic N) is 3. The average molecular weight is 309 g/mol. The van der Waals surface area contributed by atoms with Crippen LogP contribution >= 0.6 is 23.2 Å². The van der Waals surface area contributed by atoms with Gasteiger partial charge in [0.15, 0.2) is 5.82 Å². The van der Waals surface area contributed by atoms with Gasteiger partial charge in [-0.25, -0.2) is 9.97 Å². The van der Waals surface area contributed by atoms with Gasteiger partial charge in [0.05, 0.1) is 16.2 Å². The number of nitrogen functional groups attached to an aromatic ring is 1. The van der Waals surface area contributed by atoms with Crippen LogP contribution < -0.4 is 10.6 Å². The first kappa shape index (κ1) is 13.5. The zero-order valence-corrected chi connectivity index (χ0v) is 12.3. The fourth-order valence-electron chi connectivity index (χ4n) is 2.39. The Hall–Kier alpha value is -1.52. The van der Waals surface area contributed by atoms with Crippen LogP contribution in [0.25, 0.3) is 11.3 Å². The minimum Gasteiger partial charge on any atom is -0.382 e. The van der Waals surface area contributed by atoms with E-state index in [2.05, 4.69) is 14.9 Å². The van der Waals surface area contributed by atoms with Gasteiger partial charge in [-0.2, -0.15) is 0 Å². The zero-order valence-electron chi connectivity index (χ0n) is 10.8. The lowest BCUT2D eigenvalue weighted by molar-refractivity contribution is 0.930. The van der Waals surface area contributed by atoms with Gasteiger partial charge in [0.25, 0.3) is 0 Å². The number of rotatable bonds is 2. The van der Waals surface area contributed by atoms with Gasteiger partial charge in [0.2, 0.25) is 0 Å². The molecule has 1 aromatic heterocycles. The summed E-state index contributed by atoms with van der Waals surface area (Å²) in [6.45, 7) is 2.01. The van der Waals surface area contributed by atoms with Gasteiger partial charge in [-0.3, -0.25) is 0 Å². The maximum absolute atomic E-state index is 6.20. The molecule has 20 heavy (non-hydrogen) atoms. The summed E-state index contributed by atoms with van der Waals surface area (Å²) in [6.07, 6.45) is 4.11. The first-order valence-corrected chi connectivity index (χ1v) is 7.24. The van der Waals surface area contributed by atoms with Crippen molar-refractivity contribution in [3.05, 3.63) is 34.4 Å². The van der Waals surface area contributed by atoms with Gasteiger partial charge in [0.1, 0.15) is 11.5 Å². The second-order valence-corrected chi connectivity index (χ2v) is 5.54. The molecular formula is C14H14Cl2N4. The number of hydrogen-bond acceptors (Lipinski definition) is 4. The highest BCUT2D eigenvalue weighted by Gasteiger charge is 2.17. The molecule has 1 saturated heterocycles. The summed E-state index contributed by atoms with van der Waals surface area (Å²) in [4.78, 5) is 11.1. The van der Waals surface area contributed by atoms with E-state index in [4.69, 9.17) is 28.9 Å². The van der Waals surface area contributed by atoms with Crippen LogP contribution in [-0.4, -0.2) is 23.1 Å². The monoisotopic (exact) mass is 308 g/mol. The van der Waals surface area contributed by atoms with E-state index < -0.39 is 0 Å². The summed E-state index contributed by atoms with van der Waals surface area (Å²) in [5.41, 5.74) is 7.31. The minimum atomic E-state index is 0.374. The van der Waals surface area contributed by atoms with Gasteiger partial charge >= 0.3 is 0 Å². The number of anilines is 2. The molecule has 1 aliphatic rings. The molecule has 0 aliphatic carbocycles. The van der Waals surface area contributed by atoms with Crippen molar-refractivity contribution >= 4 is 34.8 Å². The quantitative estimate of drug-likeness (QED) is 0.920. The maximum Gasteiger partial charge on any atom is 0.152 e. The van der Waals surface area contributed by atoms with Crippen molar-refractivity contribution in [2.24, 2.45) is 0 Å². The van der Waals surface area contributed by atoms with Crippen LogP contribution in [0.2, 0.25) is 10.0 Å². The maximum atomic E-state index is 6.20. The summed E-state index contributed by atoms with van der Waals surface area (Å²) in [6, 6.07) is 5.39. The number of hydrogen-bond donors (Lipinski definition) is 1. The van der Waals surface area contributed by atoms with Crippen molar-refractivity contribution in [3.63, 3.8) is 0 Å². The molecule has 1 aliphatic heterocycles. The molecule has 0 saturated carbocycles. The van der Waals surface area contributed by atoms with E-state index in [1.807, 2.05) is 12.1 Å². The first-order valence-electron chi connectivity index (χ1n) is 6.48. The van der Waals surface area contributed by atoms with Gasteiger partial charge < -0.3 is 10.6 Å². The Morgan fingerprint density at radius 1 is 1.15 bits per heavy atom. The minimum absolute atomic E-state index is 0.374. The SMILES string of the molecule is Nc1nc(N2CCCC2)cnc1-c1cccc(Cl)c1Cl. The third-order valence-electron chi connectivity index (χ3n) is 3.42. The van der Waals surface area contributed by atoms with E-state index in [0.717, 1.165) is 18.9 Å². The summed E-state index contributed by atoms with van der Waals surface area (Å²) in [7, 11) is 0. The van der Waals surface area contributed by atoms with E-state index in [0.29, 0.717) is 27.1 Å². The van der Waals surface area contributed by atoms with Gasteiger partial charge in [-0.05, 0) is 18.9 Å². The van der Waals surface area contributed by atoms with Crippen molar-refractivity contribution in [3.8, 4) is 11.3 Å². The first-order chi connectivity index (χ1) is 9.66. The fourth-order valence-corrected chi connectivity index (χ4v) is 2.78. The molecule has 1 aromatic carbocycles. The molecular weight excluding hydrogens is 295 g/mol. The molecule has 0 spiro atoms. The lowest BCUT2D eigenvalue weighted by atomic mass is 10.1. The average Bonchev–Trinajstić information content (AvgIpc) is 2.96. The molecule has 2 N–H and O–H groups in total. The van der Waals surface area contributed by atoms with Crippen LogP contribution in [0.5, 0.6) is 0 Å². The molecule has 6 heteroatoms. The second kappa shape index (κ2) is 5.46. The Bertz CT molecular complexity index is 639. The van der Waals surface area contributed by atoms with Crippen LogP contribution in [0.4, 0.5) is 11.6 Å². The van der Waals surface area contributed by atoms with Gasteiger partial charge in [-0.15, -0.1) is 0 Å². The molecule has 3 rings (SSSR count). The largest absolute Gasteiger partial charge is 0.382 e. The van der Waals surface area contributed by atoms with Crippen LogP contribution in [0.15, 0.2) is 24.4 Å². The number of aromatic nitrogens is 2. The third-order valence-corrected chi connectivity index (χ3v) is 4.24. The molecule has 0 unspecified atom stereocenters. The Balaban J connectivity index is 2.00. The Labute approximate surface area is 127 Å². The third kappa shape index (κ3) is 2.41. The van der Waals surface area contributed by atoms with Crippen molar-refractivity contribution in [1.29, 1.82) is 0 Å². The summed E-state index contributed by atoms with van der Waals surface area (Å²) in [5.74, 6) is 1.19. The number of halogens is 2. The van der Waals surface area contributed by atoms with Crippen LogP contribution in [-0.2, 0) is 0 Å². The van der Waals surface area contributed by atoms with Crippen LogP contribution in [0, 0.1) is 0 Å². The second-order valence-electron chi connectivity index (χ2n) is 4.76. The van der Waals surface area contributed by atoms with E-state index >= 15 is 0 Å². The van der Waals surface area contributed by atoms with Crippen LogP contribution in [0.1, 0.15) is 12.8 Å². The summed E-state index contributed by atoms with van der Waals surface area (Å²) in [5, 5.41) is 0.929. The highest BCUT2D eigenvalue weighted by molar-refractivity contribution is 6.43. The molecule has 0 radical (unpaired) electrons. The summed E-state index contributed by atoms with van der Waals surface area (Å²) >= 11 is 12.2. The van der Waals surface area contributed by atoms with E-state index in [1.54, 1.807) is 12.3 Å². The van der Waals surface area contributed by atoms with Gasteiger partial charge in [0, 0.05) is 18.7 Å². The molecule has 0 bridgehead atoms. The Kier molecular flexibility index (Phi) is 3.68. The normalized spacial score (nSPS) is 14.8. The lowest BCUT2D eigenvalue weighted by Gasteiger charge is -2.17. The predicted octanol–water partition coefficient (Wildman–Crippen LogP) is 3.63. The lowest BCUT2D eigenvalue weighted by Crippen LogP contribution is -2.19. The summed E-state index contributed by atoms with van der Waals surface area (Å²) < 4.78 is 0. The molecule has 0 amide bonds. The Morgan fingerprint density at radius 2 is 1.90 bits per heavy atom. The standard InChI is InChI=1S/C14H14Cl2N4/c15-10-5-3-4-9(12(10)16)13-14(17)19-11(8-18-13)20-6-1-2-7-20/h3-5,8H,1-2,6-7H2,(H2,17,19). The highest BCUT2D eigenvalue weighted by Crippen LogP contribution is 2.35. The number of nitrogens with two attached hydrogens (primary N) is 1. The van der Waals surface area contributed by atoms with Crippen molar-refractivity contribution in [1.82, 2.24) is 9.97 Å². The fraction of sp³-hybridized carbons (Fsp3) is 0.286. The van der Waals surface area contributed by atoms with Crippen molar-refractivity contribution < 1.29 is 0 Å².